The zero-order valence-electron chi connectivity index (χ0n) is 18.2. The maximum atomic E-state index is 12.4. The van der Waals surface area contributed by atoms with E-state index in [1.54, 1.807) is 0 Å². The normalized spacial score (nSPS) is 39.9. The first-order valence-corrected chi connectivity index (χ1v) is 11.0. The molecule has 7 N–H and O–H groups in total. The number of unbranched alkanes of at least 4 members (excludes halogenated alkanes) is 4. The first kappa shape index (κ1) is 27.3. The van der Waals surface area contributed by atoms with E-state index in [0.717, 1.165) is 25.7 Å². The van der Waals surface area contributed by atoms with E-state index in [4.69, 9.17) is 18.9 Å². The quantitative estimate of drug-likeness (QED) is 0.118. The van der Waals surface area contributed by atoms with Gasteiger partial charge in [0.15, 0.2) is 12.4 Å². The molecule has 12 heteroatoms. The van der Waals surface area contributed by atoms with Crippen LogP contribution in [0, 0.1) is 0 Å². The zero-order valence-corrected chi connectivity index (χ0v) is 18.2. The van der Waals surface area contributed by atoms with E-state index in [9.17, 15) is 40.5 Å². The fraction of sp³-hybridized carbons (Fsp3) is 0.950. The minimum absolute atomic E-state index is 0.0539. The molecule has 0 spiro atoms. The topological polar surface area (TPSA) is 196 Å². The zero-order chi connectivity index (χ0) is 23.9. The highest BCUT2D eigenvalue weighted by Gasteiger charge is 2.60. The highest BCUT2D eigenvalue weighted by Crippen LogP contribution is 2.38. The van der Waals surface area contributed by atoms with Crippen molar-refractivity contribution in [3.63, 3.8) is 0 Å². The fourth-order valence-corrected chi connectivity index (χ4v) is 3.85. The monoisotopic (exact) mass is 468 g/mol. The van der Waals surface area contributed by atoms with Crippen molar-refractivity contribution >= 4 is 5.97 Å². The summed E-state index contributed by atoms with van der Waals surface area (Å²) in [6.45, 7) is -0.302. The Bertz CT molecular complexity index is 575. The van der Waals surface area contributed by atoms with E-state index in [2.05, 4.69) is 6.92 Å². The van der Waals surface area contributed by atoms with E-state index < -0.39 is 80.6 Å². The standard InChI is InChI=1S/C20H36O12/c1-2-3-4-5-6-7-13(24)30-18-15(26)12(9-22)31-20(18,10-23)32-19-17(28)16(27)14(25)11(8-21)29-19/h11-12,14-19,21-23,25-28H,2-10H2,1H3/t11-,12-,14-,15-,16+,17-,18+,19-,20+/m1/s1. The third-order valence-electron chi connectivity index (χ3n) is 5.78. The lowest BCUT2D eigenvalue weighted by Gasteiger charge is -2.43. The van der Waals surface area contributed by atoms with Crippen molar-refractivity contribution in [2.24, 2.45) is 0 Å². The smallest absolute Gasteiger partial charge is 0.306 e. The van der Waals surface area contributed by atoms with Gasteiger partial charge in [-0.3, -0.25) is 4.79 Å². The second kappa shape index (κ2) is 12.5. The molecule has 2 rings (SSSR count). The van der Waals surface area contributed by atoms with Gasteiger partial charge in [-0.25, -0.2) is 0 Å². The highest BCUT2D eigenvalue weighted by molar-refractivity contribution is 5.69. The Kier molecular flexibility index (Phi) is 10.7. The Morgan fingerprint density at radius 3 is 2.12 bits per heavy atom. The molecule has 0 radical (unpaired) electrons. The molecule has 2 aliphatic rings. The predicted octanol–water partition coefficient (Wildman–Crippen LogP) is -2.48. The van der Waals surface area contributed by atoms with Crippen LogP contribution in [0.25, 0.3) is 0 Å². The summed E-state index contributed by atoms with van der Waals surface area (Å²) in [5, 5.41) is 69.5. The van der Waals surface area contributed by atoms with Crippen molar-refractivity contribution < 1.29 is 59.5 Å². The lowest BCUT2D eigenvalue weighted by Crippen LogP contribution is -2.63. The molecule has 2 aliphatic heterocycles. The Balaban J connectivity index is 2.13. The van der Waals surface area contributed by atoms with Crippen molar-refractivity contribution in [2.45, 2.75) is 100 Å². The van der Waals surface area contributed by atoms with Gasteiger partial charge in [-0.15, -0.1) is 0 Å². The van der Waals surface area contributed by atoms with Crippen LogP contribution in [-0.2, 0) is 23.7 Å². The van der Waals surface area contributed by atoms with Crippen molar-refractivity contribution in [1.82, 2.24) is 0 Å². The fourth-order valence-electron chi connectivity index (χ4n) is 3.85. The summed E-state index contributed by atoms with van der Waals surface area (Å²) < 4.78 is 21.6. The summed E-state index contributed by atoms with van der Waals surface area (Å²) in [5.74, 6) is -2.92. The van der Waals surface area contributed by atoms with Crippen LogP contribution in [0.15, 0.2) is 0 Å². The van der Waals surface area contributed by atoms with E-state index in [0.29, 0.717) is 6.42 Å². The predicted molar refractivity (Wildman–Crippen MR) is 106 cm³/mol. The van der Waals surface area contributed by atoms with Crippen LogP contribution >= 0.6 is 0 Å². The van der Waals surface area contributed by atoms with Gasteiger partial charge in [0.05, 0.1) is 13.2 Å². The SMILES string of the molecule is CCCCCCCC(=O)O[C@H]1[C@H](O)[C@@H](CO)O[C@@]1(CO)O[C@H]1O[C@H](CO)[C@@H](O)[C@H](O)[C@H]1O. The third-order valence-corrected chi connectivity index (χ3v) is 5.78. The van der Waals surface area contributed by atoms with Gasteiger partial charge in [0.25, 0.3) is 0 Å². The van der Waals surface area contributed by atoms with E-state index in [-0.39, 0.29) is 6.42 Å². The molecule has 12 nitrogen and oxygen atoms in total. The number of hydrogen-bond acceptors (Lipinski definition) is 12. The van der Waals surface area contributed by atoms with Crippen LogP contribution in [0.2, 0.25) is 0 Å². The summed E-state index contributed by atoms with van der Waals surface area (Å²) in [7, 11) is 0. The van der Waals surface area contributed by atoms with Gasteiger partial charge < -0.3 is 54.7 Å². The minimum atomic E-state index is -2.24. The van der Waals surface area contributed by atoms with Gasteiger partial charge in [0.2, 0.25) is 5.79 Å². The van der Waals surface area contributed by atoms with Gasteiger partial charge in [-0.1, -0.05) is 32.6 Å². The Hall–Kier alpha value is -0.930. The lowest BCUT2D eigenvalue weighted by atomic mass is 9.99. The number of carbonyl (C=O) groups is 1. The molecule has 2 saturated heterocycles. The molecule has 0 aromatic carbocycles. The van der Waals surface area contributed by atoms with Crippen molar-refractivity contribution in [2.75, 3.05) is 19.8 Å². The first-order chi connectivity index (χ1) is 15.2. The van der Waals surface area contributed by atoms with Crippen molar-refractivity contribution in [3.8, 4) is 0 Å². The second-order valence-electron chi connectivity index (χ2n) is 8.19. The lowest BCUT2D eigenvalue weighted by molar-refractivity contribution is -0.383. The van der Waals surface area contributed by atoms with Gasteiger partial charge in [0.1, 0.15) is 43.2 Å². The van der Waals surface area contributed by atoms with E-state index in [1.165, 1.54) is 0 Å². The number of ether oxygens (including phenoxy) is 4. The van der Waals surface area contributed by atoms with Crippen LogP contribution in [0.5, 0.6) is 0 Å². The number of esters is 1. The molecule has 9 atom stereocenters. The molecule has 0 amide bonds. The van der Waals surface area contributed by atoms with Gasteiger partial charge >= 0.3 is 5.97 Å². The van der Waals surface area contributed by atoms with Crippen LogP contribution in [0.4, 0.5) is 0 Å². The molecule has 0 bridgehead atoms. The van der Waals surface area contributed by atoms with Crippen LogP contribution < -0.4 is 0 Å². The molecule has 188 valence electrons. The molecule has 2 heterocycles. The van der Waals surface area contributed by atoms with Gasteiger partial charge in [0, 0.05) is 6.42 Å². The number of rotatable bonds is 12. The molecule has 0 aromatic heterocycles. The molecule has 2 fully saturated rings. The highest BCUT2D eigenvalue weighted by atomic mass is 16.8. The summed E-state index contributed by atoms with van der Waals surface area (Å²) >= 11 is 0. The third kappa shape index (κ3) is 6.14. The summed E-state index contributed by atoms with van der Waals surface area (Å²) in [6.07, 6.45) is -8.18. The molecule has 0 aromatic rings. The maximum absolute atomic E-state index is 12.4. The van der Waals surface area contributed by atoms with Crippen LogP contribution in [0.1, 0.15) is 45.4 Å². The van der Waals surface area contributed by atoms with Gasteiger partial charge in [-0.05, 0) is 6.42 Å². The van der Waals surface area contributed by atoms with E-state index in [1.807, 2.05) is 0 Å². The Morgan fingerprint density at radius 1 is 0.875 bits per heavy atom. The minimum Gasteiger partial charge on any atom is -0.454 e. The van der Waals surface area contributed by atoms with Crippen molar-refractivity contribution in [1.29, 1.82) is 0 Å². The summed E-state index contributed by atoms with van der Waals surface area (Å²) in [4.78, 5) is 12.4. The van der Waals surface area contributed by atoms with Crippen molar-refractivity contribution in [3.05, 3.63) is 0 Å². The summed E-state index contributed by atoms with van der Waals surface area (Å²) in [6, 6.07) is 0. The van der Waals surface area contributed by atoms with E-state index >= 15 is 0 Å². The summed E-state index contributed by atoms with van der Waals surface area (Å²) in [5.41, 5.74) is 0. The Morgan fingerprint density at radius 2 is 1.53 bits per heavy atom. The number of aliphatic hydroxyl groups is 7. The molecular weight excluding hydrogens is 432 g/mol. The molecule has 0 aliphatic carbocycles. The van der Waals surface area contributed by atoms with Crippen LogP contribution in [-0.4, -0.2) is 116 Å². The largest absolute Gasteiger partial charge is 0.454 e. The molecule has 32 heavy (non-hydrogen) atoms. The Labute approximate surface area is 186 Å². The molecular formula is C20H36O12. The van der Waals surface area contributed by atoms with Gasteiger partial charge in [-0.2, -0.15) is 0 Å². The maximum Gasteiger partial charge on any atom is 0.306 e. The molecule has 0 unspecified atom stereocenters. The first-order valence-electron chi connectivity index (χ1n) is 11.0. The average Bonchev–Trinajstić information content (AvgIpc) is 3.05. The number of hydrogen-bond donors (Lipinski definition) is 7. The van der Waals surface area contributed by atoms with Crippen LogP contribution in [0.3, 0.4) is 0 Å². The number of carbonyl (C=O) groups excluding carboxylic acids is 1. The molecule has 0 saturated carbocycles. The average molecular weight is 468 g/mol. The second-order valence-corrected chi connectivity index (χ2v) is 8.19. The number of aliphatic hydroxyl groups excluding tert-OH is 7.